The molecule has 0 aliphatic carbocycles. The molecule has 5 heteroatoms. The van der Waals surface area contributed by atoms with Gasteiger partial charge in [0.2, 0.25) is 5.91 Å². The average Bonchev–Trinajstić information content (AvgIpc) is 2.59. The molecule has 0 saturated heterocycles. The number of primary amides is 1. The van der Waals surface area contributed by atoms with Crippen LogP contribution in [-0.2, 0) is 9.53 Å². The summed E-state index contributed by atoms with van der Waals surface area (Å²) in [5, 5.41) is 3.91. The van der Waals surface area contributed by atoms with Crippen molar-refractivity contribution in [1.29, 1.82) is 0 Å². The van der Waals surface area contributed by atoms with Crippen molar-refractivity contribution in [3.63, 3.8) is 0 Å². The largest absolute Gasteiger partial charge is 0.468 e. The van der Waals surface area contributed by atoms with Crippen LogP contribution in [0, 0.1) is 0 Å². The van der Waals surface area contributed by atoms with Gasteiger partial charge in [0.25, 0.3) is 0 Å². The number of nitrogens with two attached hydrogens (primary N) is 2. The van der Waals surface area contributed by atoms with Gasteiger partial charge in [-0.1, -0.05) is 48.5 Å². The Hall–Kier alpha value is -2.92. The van der Waals surface area contributed by atoms with Crippen molar-refractivity contribution in [2.75, 3.05) is 13.7 Å². The van der Waals surface area contributed by atoms with E-state index in [1.54, 1.807) is 0 Å². The molecule has 0 bridgehead atoms. The van der Waals surface area contributed by atoms with Crippen molar-refractivity contribution >= 4 is 33.4 Å². The fraction of sp³-hybridized carbons (Fsp3) is 0.111. The van der Waals surface area contributed by atoms with Crippen LogP contribution in [0.3, 0.4) is 0 Å². The number of hydrogen-bond donors (Lipinski definition) is 2. The predicted molar refractivity (Wildman–Crippen MR) is 91.0 cm³/mol. The van der Waals surface area contributed by atoms with Crippen LogP contribution in [0.4, 0.5) is 0 Å². The van der Waals surface area contributed by atoms with E-state index < -0.39 is 0 Å². The zero-order valence-corrected chi connectivity index (χ0v) is 12.8. The Balaban J connectivity index is 0.000000277. The average molecular weight is 310 g/mol. The number of amides is 1. The zero-order chi connectivity index (χ0) is 16.8. The number of rotatable bonds is 2. The van der Waals surface area contributed by atoms with Crippen molar-refractivity contribution in [2.45, 2.75) is 0 Å². The third-order valence-electron chi connectivity index (χ3n) is 3.41. The fourth-order valence-corrected chi connectivity index (χ4v) is 2.36. The summed E-state index contributed by atoms with van der Waals surface area (Å²) < 4.78 is 4.14. The van der Waals surface area contributed by atoms with Crippen LogP contribution < -0.4 is 11.5 Å². The van der Waals surface area contributed by atoms with E-state index in [9.17, 15) is 9.59 Å². The number of benzene rings is 3. The third kappa shape index (κ3) is 3.64. The number of carbonyl (C=O) groups is 2. The molecule has 23 heavy (non-hydrogen) atoms. The third-order valence-corrected chi connectivity index (χ3v) is 3.41. The van der Waals surface area contributed by atoms with Gasteiger partial charge in [0, 0.05) is 0 Å². The first-order valence-corrected chi connectivity index (χ1v) is 7.05. The number of esters is 1. The van der Waals surface area contributed by atoms with Crippen molar-refractivity contribution < 1.29 is 14.3 Å². The Bertz CT molecular complexity index is 799. The summed E-state index contributed by atoms with van der Waals surface area (Å²) in [6.45, 7) is -0.0312. The molecule has 3 aromatic rings. The van der Waals surface area contributed by atoms with Gasteiger partial charge in [0.15, 0.2) is 0 Å². The smallest absolute Gasteiger partial charge is 0.319 e. The lowest BCUT2D eigenvalue weighted by molar-refractivity contribution is -0.138. The molecule has 5 nitrogen and oxygen atoms in total. The van der Waals surface area contributed by atoms with Crippen LogP contribution in [0.5, 0.6) is 0 Å². The first kappa shape index (κ1) is 16.5. The minimum Gasteiger partial charge on any atom is -0.468 e. The molecule has 1 amide bonds. The summed E-state index contributed by atoms with van der Waals surface area (Å²) in [5.41, 5.74) is 10.9. The van der Waals surface area contributed by atoms with E-state index in [1.165, 1.54) is 7.11 Å². The van der Waals surface area contributed by atoms with Crippen LogP contribution in [0.2, 0.25) is 0 Å². The molecule has 3 aromatic carbocycles. The predicted octanol–water partition coefficient (Wildman–Crippen LogP) is 2.21. The summed E-state index contributed by atoms with van der Waals surface area (Å²) in [6, 6.07) is 17.7. The molecule has 0 aromatic heterocycles. The van der Waals surface area contributed by atoms with Gasteiger partial charge in [-0.2, -0.15) is 0 Å². The molecule has 0 aliphatic rings. The molecule has 0 unspecified atom stereocenters. The molecule has 0 saturated carbocycles. The topological polar surface area (TPSA) is 95.4 Å². The first-order valence-electron chi connectivity index (χ1n) is 7.05. The molecule has 3 rings (SSSR count). The molecular weight excluding hydrogens is 292 g/mol. The Morgan fingerprint density at radius 2 is 1.43 bits per heavy atom. The highest BCUT2D eigenvalue weighted by molar-refractivity contribution is 6.17. The van der Waals surface area contributed by atoms with Crippen LogP contribution in [0.1, 0.15) is 10.4 Å². The lowest BCUT2D eigenvalue weighted by Gasteiger charge is -2.08. The molecular formula is C18H18N2O3. The molecule has 0 fully saturated rings. The molecule has 4 N–H and O–H groups in total. The highest BCUT2D eigenvalue weighted by Gasteiger charge is 2.11. The van der Waals surface area contributed by atoms with E-state index in [0.29, 0.717) is 5.56 Å². The minimum absolute atomic E-state index is 0.0312. The lowest BCUT2D eigenvalue weighted by Crippen LogP contribution is -2.14. The number of methoxy groups -OCH3 is 1. The van der Waals surface area contributed by atoms with Gasteiger partial charge in [0.1, 0.15) is 0 Å². The maximum atomic E-state index is 11.7. The normalized spacial score (nSPS) is 10.0. The molecule has 0 spiro atoms. The summed E-state index contributed by atoms with van der Waals surface area (Å²) in [6.07, 6.45) is 0. The maximum Gasteiger partial charge on any atom is 0.319 e. The second-order valence-corrected chi connectivity index (χ2v) is 4.84. The number of carbonyl (C=O) groups excluding carboxylic acids is 2. The second-order valence-electron chi connectivity index (χ2n) is 4.84. The van der Waals surface area contributed by atoms with Gasteiger partial charge in [0.05, 0.1) is 19.2 Å². The molecule has 0 atom stereocenters. The van der Waals surface area contributed by atoms with E-state index in [1.807, 2.05) is 48.5 Å². The first-order chi connectivity index (χ1) is 11.1. The van der Waals surface area contributed by atoms with Gasteiger partial charge < -0.3 is 16.2 Å². The van der Waals surface area contributed by atoms with Crippen molar-refractivity contribution in [3.05, 3.63) is 60.2 Å². The second kappa shape index (κ2) is 7.38. The van der Waals surface area contributed by atoms with E-state index in [4.69, 9.17) is 11.5 Å². The van der Waals surface area contributed by atoms with Crippen LogP contribution in [0.15, 0.2) is 54.6 Å². The van der Waals surface area contributed by atoms with Gasteiger partial charge >= 0.3 is 5.97 Å². The maximum absolute atomic E-state index is 11.7. The Morgan fingerprint density at radius 1 is 0.957 bits per heavy atom. The monoisotopic (exact) mass is 310 g/mol. The van der Waals surface area contributed by atoms with Crippen molar-refractivity contribution in [2.24, 2.45) is 11.5 Å². The molecule has 118 valence electrons. The number of hydrogen-bond acceptors (Lipinski definition) is 4. The van der Waals surface area contributed by atoms with E-state index >= 15 is 0 Å². The SMILES string of the molecule is COC(=O)CN.NC(=O)c1c2ccccc2cc2ccccc12. The number of fused-ring (bicyclic) bond motifs is 2. The van der Waals surface area contributed by atoms with E-state index in [-0.39, 0.29) is 18.4 Å². The Kier molecular flexibility index (Phi) is 5.28. The van der Waals surface area contributed by atoms with Crippen LogP contribution in [0.25, 0.3) is 21.5 Å². The Labute approximate surface area is 133 Å². The summed E-state index contributed by atoms with van der Waals surface area (Å²) >= 11 is 0. The van der Waals surface area contributed by atoms with Crippen LogP contribution in [-0.4, -0.2) is 25.5 Å². The molecule has 0 radical (unpaired) electrons. The lowest BCUT2D eigenvalue weighted by atomic mass is 9.96. The zero-order valence-electron chi connectivity index (χ0n) is 12.8. The van der Waals surface area contributed by atoms with Gasteiger partial charge in [-0.3, -0.25) is 9.59 Å². The summed E-state index contributed by atoms with van der Waals surface area (Å²) in [5.74, 6) is -0.756. The number of ether oxygens (including phenoxy) is 1. The minimum atomic E-state index is -0.380. The van der Waals surface area contributed by atoms with E-state index in [2.05, 4.69) is 10.8 Å². The standard InChI is InChI=1S/C15H11NO.C3H7NO2/c16-15(17)14-12-7-3-1-5-10(12)9-11-6-2-4-8-13(11)14;1-6-3(5)2-4/h1-9H,(H2,16,17);2,4H2,1H3. The van der Waals surface area contributed by atoms with E-state index in [0.717, 1.165) is 21.5 Å². The van der Waals surface area contributed by atoms with Crippen molar-refractivity contribution in [3.8, 4) is 0 Å². The fourth-order valence-electron chi connectivity index (χ4n) is 2.36. The summed E-state index contributed by atoms with van der Waals surface area (Å²) in [4.78, 5) is 21.5. The molecule has 0 aliphatic heterocycles. The van der Waals surface area contributed by atoms with Crippen molar-refractivity contribution in [1.82, 2.24) is 0 Å². The van der Waals surface area contributed by atoms with Gasteiger partial charge in [-0.25, -0.2) is 0 Å². The van der Waals surface area contributed by atoms with Gasteiger partial charge in [-0.15, -0.1) is 0 Å². The molecule has 0 heterocycles. The quantitative estimate of drug-likeness (QED) is 0.560. The van der Waals surface area contributed by atoms with Crippen LogP contribution >= 0.6 is 0 Å². The highest BCUT2D eigenvalue weighted by Crippen LogP contribution is 2.27. The summed E-state index contributed by atoms with van der Waals surface area (Å²) in [7, 11) is 1.30. The Morgan fingerprint density at radius 3 is 1.78 bits per heavy atom. The highest BCUT2D eigenvalue weighted by atomic mass is 16.5. The van der Waals surface area contributed by atoms with Gasteiger partial charge in [-0.05, 0) is 27.6 Å².